The van der Waals surface area contributed by atoms with Gasteiger partial charge >= 0.3 is 0 Å². The zero-order chi connectivity index (χ0) is 26.5. The van der Waals surface area contributed by atoms with Gasteiger partial charge in [0.1, 0.15) is 18.4 Å². The number of carbonyl (C=O) groups excluding carboxylic acids is 2. The Kier molecular flexibility index (Phi) is 10.2. The summed E-state index contributed by atoms with van der Waals surface area (Å²) in [5.41, 5.74) is 0.406. The molecule has 35 heavy (non-hydrogen) atoms. The fourth-order valence-electron chi connectivity index (χ4n) is 3.14. The van der Waals surface area contributed by atoms with E-state index in [2.05, 4.69) is 5.32 Å². The highest BCUT2D eigenvalue weighted by Gasteiger charge is 2.31. The number of rotatable bonds is 10. The Hall–Kier alpha value is -2.07. The standard InChI is InChI=1S/C23H27Cl3FN3O4S/c1-14(2)11-28-23(32)15(3)29(12-17-18(24)6-5-7-19(17)25)22(31)13-30(35(4,33)34)16-8-9-21(27)20(26)10-16/h5-10,14-15H,11-13H2,1-4H3,(H,28,32)/t15-/m1/s1. The maximum atomic E-state index is 13.6. The highest BCUT2D eigenvalue weighted by molar-refractivity contribution is 7.92. The van der Waals surface area contributed by atoms with Gasteiger partial charge < -0.3 is 10.2 Å². The minimum Gasteiger partial charge on any atom is -0.354 e. The van der Waals surface area contributed by atoms with E-state index in [4.69, 9.17) is 34.8 Å². The van der Waals surface area contributed by atoms with Crippen LogP contribution in [-0.2, 0) is 26.2 Å². The molecule has 0 heterocycles. The highest BCUT2D eigenvalue weighted by Crippen LogP contribution is 2.28. The molecule has 0 aliphatic rings. The van der Waals surface area contributed by atoms with E-state index < -0.39 is 40.2 Å². The lowest BCUT2D eigenvalue weighted by Gasteiger charge is -2.32. The largest absolute Gasteiger partial charge is 0.354 e. The first-order valence-electron chi connectivity index (χ1n) is 10.6. The molecule has 0 aromatic heterocycles. The third kappa shape index (κ3) is 7.96. The summed E-state index contributed by atoms with van der Waals surface area (Å²) in [6.07, 6.45) is 0.908. The Morgan fingerprint density at radius 2 is 1.63 bits per heavy atom. The molecule has 2 amide bonds. The minimum absolute atomic E-state index is 0.000103. The van der Waals surface area contributed by atoms with Crippen molar-refractivity contribution in [2.24, 2.45) is 5.92 Å². The third-order valence-electron chi connectivity index (χ3n) is 5.11. The van der Waals surface area contributed by atoms with Crippen molar-refractivity contribution in [2.75, 3.05) is 23.7 Å². The van der Waals surface area contributed by atoms with E-state index in [1.54, 1.807) is 18.2 Å². The Morgan fingerprint density at radius 3 is 2.14 bits per heavy atom. The fraction of sp³-hybridized carbons (Fsp3) is 0.391. The highest BCUT2D eigenvalue weighted by atomic mass is 35.5. The van der Waals surface area contributed by atoms with Crippen LogP contribution >= 0.6 is 34.8 Å². The van der Waals surface area contributed by atoms with Gasteiger partial charge in [-0.15, -0.1) is 0 Å². The molecule has 0 bridgehead atoms. The first-order chi connectivity index (χ1) is 16.2. The quantitative estimate of drug-likeness (QED) is 0.450. The van der Waals surface area contributed by atoms with E-state index in [0.29, 0.717) is 12.1 Å². The van der Waals surface area contributed by atoms with Crippen LogP contribution in [0.25, 0.3) is 0 Å². The van der Waals surface area contributed by atoms with Gasteiger partial charge in [0.25, 0.3) is 0 Å². The van der Waals surface area contributed by atoms with Crippen molar-refractivity contribution in [3.63, 3.8) is 0 Å². The number of nitrogens with one attached hydrogen (secondary N) is 1. The number of sulfonamides is 1. The zero-order valence-corrected chi connectivity index (χ0v) is 22.8. The number of hydrogen-bond acceptors (Lipinski definition) is 4. The maximum absolute atomic E-state index is 13.6. The van der Waals surface area contributed by atoms with Crippen LogP contribution in [-0.4, -0.2) is 50.5 Å². The van der Waals surface area contributed by atoms with Gasteiger partial charge in [0.2, 0.25) is 21.8 Å². The van der Waals surface area contributed by atoms with E-state index in [9.17, 15) is 22.4 Å². The van der Waals surface area contributed by atoms with E-state index in [0.717, 1.165) is 22.7 Å². The molecule has 0 radical (unpaired) electrons. The van der Waals surface area contributed by atoms with Gasteiger partial charge in [0.15, 0.2) is 0 Å². The van der Waals surface area contributed by atoms with Crippen molar-refractivity contribution in [3.8, 4) is 0 Å². The predicted molar refractivity (Wildman–Crippen MR) is 138 cm³/mol. The first kappa shape index (κ1) is 29.2. The van der Waals surface area contributed by atoms with Crippen LogP contribution in [0, 0.1) is 11.7 Å². The summed E-state index contributed by atoms with van der Waals surface area (Å²) in [5.74, 6) is -1.68. The second kappa shape index (κ2) is 12.3. The molecule has 1 N–H and O–H groups in total. The van der Waals surface area contributed by atoms with E-state index in [1.807, 2.05) is 13.8 Å². The molecule has 7 nitrogen and oxygen atoms in total. The van der Waals surface area contributed by atoms with E-state index in [1.165, 1.54) is 17.9 Å². The van der Waals surface area contributed by atoms with Crippen LogP contribution in [0.15, 0.2) is 36.4 Å². The molecule has 1 atom stereocenters. The monoisotopic (exact) mass is 565 g/mol. The summed E-state index contributed by atoms with van der Waals surface area (Å²) < 4.78 is 39.5. The molecule has 2 rings (SSSR count). The van der Waals surface area contributed by atoms with Gasteiger partial charge in [0, 0.05) is 28.7 Å². The average molecular weight is 567 g/mol. The van der Waals surface area contributed by atoms with Crippen LogP contribution in [0.5, 0.6) is 0 Å². The Balaban J connectivity index is 2.45. The predicted octanol–water partition coefficient (Wildman–Crippen LogP) is 4.74. The molecule has 0 fully saturated rings. The van der Waals surface area contributed by atoms with Crippen molar-refractivity contribution >= 4 is 62.3 Å². The lowest BCUT2D eigenvalue weighted by molar-refractivity contribution is -0.139. The number of nitrogens with zero attached hydrogens (tertiary/aromatic N) is 2. The Bertz CT molecular complexity index is 1170. The summed E-state index contributed by atoms with van der Waals surface area (Å²) in [7, 11) is -3.98. The number of anilines is 1. The van der Waals surface area contributed by atoms with Crippen molar-refractivity contribution in [1.29, 1.82) is 0 Å². The lowest BCUT2D eigenvalue weighted by Crippen LogP contribution is -2.51. The molecule has 0 aliphatic carbocycles. The number of halogens is 4. The lowest BCUT2D eigenvalue weighted by atomic mass is 10.1. The smallest absolute Gasteiger partial charge is 0.244 e. The molecular formula is C23H27Cl3FN3O4S. The summed E-state index contributed by atoms with van der Waals surface area (Å²) in [6, 6.07) is 7.16. The summed E-state index contributed by atoms with van der Waals surface area (Å²) >= 11 is 18.4. The van der Waals surface area contributed by atoms with Crippen molar-refractivity contribution in [1.82, 2.24) is 10.2 Å². The molecular weight excluding hydrogens is 540 g/mol. The molecule has 0 spiro atoms. The second-order valence-electron chi connectivity index (χ2n) is 8.40. The van der Waals surface area contributed by atoms with Gasteiger partial charge in [-0.3, -0.25) is 13.9 Å². The average Bonchev–Trinajstić information content (AvgIpc) is 2.76. The SMILES string of the molecule is CC(C)CNC(=O)[C@@H](C)N(Cc1c(Cl)cccc1Cl)C(=O)CN(c1ccc(F)c(Cl)c1)S(C)(=O)=O. The molecule has 2 aromatic rings. The van der Waals surface area contributed by atoms with Gasteiger partial charge in [-0.2, -0.15) is 0 Å². The van der Waals surface area contributed by atoms with Crippen LogP contribution in [0.4, 0.5) is 10.1 Å². The number of hydrogen-bond donors (Lipinski definition) is 1. The first-order valence-corrected chi connectivity index (χ1v) is 13.6. The second-order valence-corrected chi connectivity index (χ2v) is 11.5. The van der Waals surface area contributed by atoms with E-state index in [-0.39, 0.29) is 33.2 Å². The number of benzene rings is 2. The molecule has 192 valence electrons. The summed E-state index contributed by atoms with van der Waals surface area (Å²) in [5, 5.41) is 3.04. The molecule has 12 heteroatoms. The van der Waals surface area contributed by atoms with Crippen molar-refractivity contribution in [3.05, 3.63) is 62.8 Å². The van der Waals surface area contributed by atoms with Crippen LogP contribution in [0.3, 0.4) is 0 Å². The minimum atomic E-state index is -3.98. The maximum Gasteiger partial charge on any atom is 0.244 e. The number of amides is 2. The van der Waals surface area contributed by atoms with Crippen LogP contribution in [0.1, 0.15) is 26.3 Å². The van der Waals surface area contributed by atoms with Gasteiger partial charge in [-0.1, -0.05) is 54.7 Å². The Morgan fingerprint density at radius 1 is 1.03 bits per heavy atom. The number of carbonyl (C=O) groups is 2. The normalized spacial score (nSPS) is 12.4. The van der Waals surface area contributed by atoms with Crippen LogP contribution in [0.2, 0.25) is 15.1 Å². The van der Waals surface area contributed by atoms with Gasteiger partial charge in [0.05, 0.1) is 17.0 Å². The summed E-state index contributed by atoms with van der Waals surface area (Å²) in [6.45, 7) is 4.96. The van der Waals surface area contributed by atoms with Crippen molar-refractivity contribution < 1.29 is 22.4 Å². The molecule has 0 saturated carbocycles. The fourth-order valence-corrected chi connectivity index (χ4v) is 4.68. The summed E-state index contributed by atoms with van der Waals surface area (Å²) in [4.78, 5) is 27.5. The molecule has 0 unspecified atom stereocenters. The van der Waals surface area contributed by atoms with Crippen molar-refractivity contribution in [2.45, 2.75) is 33.4 Å². The topological polar surface area (TPSA) is 86.8 Å². The van der Waals surface area contributed by atoms with Gasteiger partial charge in [-0.25, -0.2) is 12.8 Å². The Labute approximate surface area is 220 Å². The van der Waals surface area contributed by atoms with E-state index >= 15 is 0 Å². The zero-order valence-electron chi connectivity index (χ0n) is 19.7. The third-order valence-corrected chi connectivity index (χ3v) is 7.25. The molecule has 2 aromatic carbocycles. The van der Waals surface area contributed by atoms with Crippen LogP contribution < -0.4 is 9.62 Å². The van der Waals surface area contributed by atoms with Gasteiger partial charge in [-0.05, 0) is 43.2 Å². The molecule has 0 aliphatic heterocycles. The molecule has 0 saturated heterocycles.